The third-order valence-corrected chi connectivity index (χ3v) is 2.19. The number of hydrogen-bond acceptors (Lipinski definition) is 2. The molecule has 0 amide bonds. The van der Waals surface area contributed by atoms with Crippen molar-refractivity contribution in [2.24, 2.45) is 5.92 Å². The molecule has 0 bridgehead atoms. The molecule has 0 spiro atoms. The van der Waals surface area contributed by atoms with Crippen molar-refractivity contribution in [2.45, 2.75) is 12.8 Å². The zero-order chi connectivity index (χ0) is 6.81. The van der Waals surface area contributed by atoms with Crippen molar-refractivity contribution in [3.63, 3.8) is 0 Å². The fourth-order valence-corrected chi connectivity index (χ4v) is 1.35. The Morgan fingerprint density at radius 1 is 1.50 bits per heavy atom. The predicted molar refractivity (Wildman–Crippen MR) is 39.4 cm³/mol. The molecule has 1 radical (unpaired) electrons. The van der Waals surface area contributed by atoms with Gasteiger partial charge in [-0.15, -0.1) is 0 Å². The zero-order valence-electron chi connectivity index (χ0n) is 6.25. The zero-order valence-corrected chi connectivity index (χ0v) is 6.25. The van der Waals surface area contributed by atoms with Crippen LogP contribution < -0.4 is 0 Å². The molecular formula is C8H14NO. The quantitative estimate of drug-likeness (QED) is 0.565. The average Bonchev–Trinajstić information content (AvgIpc) is 2.74. The second-order valence-corrected chi connectivity index (χ2v) is 3.24. The highest BCUT2D eigenvalue weighted by molar-refractivity contribution is 4.79. The molecule has 0 aromatic rings. The van der Waals surface area contributed by atoms with Gasteiger partial charge in [0.05, 0.1) is 13.2 Å². The first-order valence-corrected chi connectivity index (χ1v) is 4.11. The number of ether oxygens (including phenoxy) is 1. The Balaban J connectivity index is 1.69. The van der Waals surface area contributed by atoms with Crippen LogP contribution in [-0.4, -0.2) is 31.1 Å². The number of hydrogen-bond donors (Lipinski definition) is 0. The van der Waals surface area contributed by atoms with Crippen LogP contribution in [-0.2, 0) is 4.74 Å². The molecule has 2 aliphatic rings. The molecule has 1 aliphatic carbocycles. The lowest BCUT2D eigenvalue weighted by Gasteiger charge is -2.25. The van der Waals surface area contributed by atoms with E-state index < -0.39 is 0 Å². The maximum absolute atomic E-state index is 5.14. The third-order valence-electron chi connectivity index (χ3n) is 2.19. The summed E-state index contributed by atoms with van der Waals surface area (Å²) < 4.78 is 5.14. The second-order valence-electron chi connectivity index (χ2n) is 3.24. The van der Waals surface area contributed by atoms with Gasteiger partial charge in [-0.05, 0) is 18.8 Å². The van der Waals surface area contributed by atoms with Crippen molar-refractivity contribution in [1.82, 2.24) is 4.90 Å². The van der Waals surface area contributed by atoms with Gasteiger partial charge in [0.25, 0.3) is 0 Å². The van der Waals surface area contributed by atoms with Crippen LogP contribution in [0.25, 0.3) is 0 Å². The summed E-state index contributed by atoms with van der Waals surface area (Å²) in [5.74, 6) is 1.02. The molecule has 2 rings (SSSR count). The lowest BCUT2D eigenvalue weighted by molar-refractivity contribution is 0.0826. The maximum Gasteiger partial charge on any atom is 0.0976 e. The van der Waals surface area contributed by atoms with Gasteiger partial charge in [0.15, 0.2) is 0 Å². The van der Waals surface area contributed by atoms with E-state index in [0.29, 0.717) is 0 Å². The fraction of sp³-hybridized carbons (Fsp3) is 0.875. The summed E-state index contributed by atoms with van der Waals surface area (Å²) in [6.07, 6.45) is 2.91. The first-order valence-electron chi connectivity index (χ1n) is 4.11. The summed E-state index contributed by atoms with van der Waals surface area (Å²) in [6, 6.07) is 0. The SMILES string of the molecule is [CH]1CN(CC2CC2)CCO1. The van der Waals surface area contributed by atoms with Crippen molar-refractivity contribution < 1.29 is 4.74 Å². The molecule has 2 fully saturated rings. The lowest BCUT2D eigenvalue weighted by Crippen LogP contribution is -2.35. The molecule has 0 atom stereocenters. The van der Waals surface area contributed by atoms with Crippen molar-refractivity contribution in [1.29, 1.82) is 0 Å². The number of morpholine rings is 1. The fourth-order valence-electron chi connectivity index (χ4n) is 1.35. The predicted octanol–water partition coefficient (Wildman–Crippen LogP) is 0.890. The van der Waals surface area contributed by atoms with Crippen molar-refractivity contribution in [3.8, 4) is 0 Å². The Morgan fingerprint density at radius 2 is 2.40 bits per heavy atom. The van der Waals surface area contributed by atoms with Gasteiger partial charge in [-0.3, -0.25) is 4.90 Å². The van der Waals surface area contributed by atoms with Crippen molar-refractivity contribution >= 4 is 0 Å². The Labute approximate surface area is 62.2 Å². The average molecular weight is 140 g/mol. The highest BCUT2D eigenvalue weighted by atomic mass is 16.5. The van der Waals surface area contributed by atoms with Gasteiger partial charge in [0.1, 0.15) is 0 Å². The first kappa shape index (κ1) is 6.62. The van der Waals surface area contributed by atoms with Gasteiger partial charge < -0.3 is 4.74 Å². The summed E-state index contributed by atoms with van der Waals surface area (Å²) in [5.41, 5.74) is 0. The standard InChI is InChI=1S/C8H14NO/c1-2-8(1)7-9-3-5-10-6-4-9/h5,8H,1-4,6-7H2. The Hall–Kier alpha value is -0.0800. The molecule has 1 saturated carbocycles. The van der Waals surface area contributed by atoms with Crippen LogP contribution in [0.4, 0.5) is 0 Å². The highest BCUT2D eigenvalue weighted by Crippen LogP contribution is 2.29. The molecule has 2 nitrogen and oxygen atoms in total. The van der Waals surface area contributed by atoms with E-state index in [0.717, 1.165) is 25.6 Å². The largest absolute Gasteiger partial charge is 0.373 e. The maximum atomic E-state index is 5.14. The van der Waals surface area contributed by atoms with Gasteiger partial charge in [0.2, 0.25) is 0 Å². The molecule has 0 unspecified atom stereocenters. The topological polar surface area (TPSA) is 12.5 Å². The second kappa shape index (κ2) is 2.89. The van der Waals surface area contributed by atoms with Gasteiger partial charge in [-0.1, -0.05) is 0 Å². The van der Waals surface area contributed by atoms with E-state index in [9.17, 15) is 0 Å². The molecule has 2 heteroatoms. The normalized spacial score (nSPS) is 28.8. The molecule has 1 aliphatic heterocycles. The first-order chi connectivity index (χ1) is 4.95. The summed E-state index contributed by atoms with van der Waals surface area (Å²) in [5, 5.41) is 0. The van der Waals surface area contributed by atoms with E-state index in [1.165, 1.54) is 19.4 Å². The van der Waals surface area contributed by atoms with E-state index >= 15 is 0 Å². The molecule has 1 heterocycles. The van der Waals surface area contributed by atoms with E-state index in [-0.39, 0.29) is 0 Å². The Kier molecular flexibility index (Phi) is 1.91. The molecule has 57 valence electrons. The molecule has 1 saturated heterocycles. The van der Waals surface area contributed by atoms with Crippen molar-refractivity contribution in [2.75, 3.05) is 26.2 Å². The van der Waals surface area contributed by atoms with Gasteiger partial charge >= 0.3 is 0 Å². The monoisotopic (exact) mass is 140 g/mol. The van der Waals surface area contributed by atoms with Crippen LogP contribution in [0.3, 0.4) is 0 Å². The Morgan fingerprint density at radius 3 is 3.00 bits per heavy atom. The number of nitrogens with zero attached hydrogens (tertiary/aromatic N) is 1. The third kappa shape index (κ3) is 1.70. The summed E-state index contributed by atoms with van der Waals surface area (Å²) in [6.45, 7) is 6.29. The summed E-state index contributed by atoms with van der Waals surface area (Å²) in [7, 11) is 0. The summed E-state index contributed by atoms with van der Waals surface area (Å²) >= 11 is 0. The molecular weight excluding hydrogens is 126 g/mol. The van der Waals surface area contributed by atoms with E-state index in [4.69, 9.17) is 4.74 Å². The molecule has 10 heavy (non-hydrogen) atoms. The van der Waals surface area contributed by atoms with Gasteiger partial charge in [-0.2, -0.15) is 0 Å². The van der Waals surface area contributed by atoms with E-state index in [2.05, 4.69) is 4.90 Å². The molecule has 0 N–H and O–H groups in total. The minimum absolute atomic E-state index is 0.896. The van der Waals surface area contributed by atoms with Crippen LogP contribution in [0.2, 0.25) is 0 Å². The molecule has 0 aromatic carbocycles. The van der Waals surface area contributed by atoms with E-state index in [1.54, 1.807) is 0 Å². The Bertz CT molecular complexity index is 106. The van der Waals surface area contributed by atoms with Crippen LogP contribution >= 0.6 is 0 Å². The van der Waals surface area contributed by atoms with Crippen LogP contribution in [0.5, 0.6) is 0 Å². The molecule has 0 aromatic heterocycles. The highest BCUT2D eigenvalue weighted by Gasteiger charge is 2.24. The van der Waals surface area contributed by atoms with Gasteiger partial charge in [0, 0.05) is 19.6 Å². The summed E-state index contributed by atoms with van der Waals surface area (Å²) in [4.78, 5) is 2.47. The van der Waals surface area contributed by atoms with Crippen LogP contribution in [0.15, 0.2) is 0 Å². The smallest absolute Gasteiger partial charge is 0.0976 e. The minimum atomic E-state index is 0.896. The van der Waals surface area contributed by atoms with Crippen LogP contribution in [0, 0.1) is 12.5 Å². The van der Waals surface area contributed by atoms with Crippen LogP contribution in [0.1, 0.15) is 12.8 Å². The minimum Gasteiger partial charge on any atom is -0.373 e. The van der Waals surface area contributed by atoms with Crippen molar-refractivity contribution in [3.05, 3.63) is 6.61 Å². The van der Waals surface area contributed by atoms with Gasteiger partial charge in [-0.25, -0.2) is 0 Å². The van der Waals surface area contributed by atoms with E-state index in [1.807, 2.05) is 6.61 Å². The number of rotatable bonds is 2. The lowest BCUT2D eigenvalue weighted by atomic mass is 10.3.